The molecule has 0 saturated carbocycles. The van der Waals surface area contributed by atoms with Gasteiger partial charge in [-0.1, -0.05) is 13.8 Å². The highest BCUT2D eigenvalue weighted by Gasteiger charge is 2.17. The van der Waals surface area contributed by atoms with Gasteiger partial charge < -0.3 is 5.32 Å². The first-order valence-corrected chi connectivity index (χ1v) is 8.73. The van der Waals surface area contributed by atoms with Crippen LogP contribution >= 0.6 is 11.3 Å². The van der Waals surface area contributed by atoms with E-state index in [4.69, 9.17) is 9.97 Å². The van der Waals surface area contributed by atoms with Gasteiger partial charge in [-0.3, -0.25) is 4.98 Å². The number of fused-ring (bicyclic) bond motifs is 1. The second-order valence-electron chi connectivity index (χ2n) is 6.28. The molecule has 0 fully saturated rings. The zero-order valence-electron chi connectivity index (χ0n) is 14.2. The smallest absolute Gasteiger partial charge is 0.164 e. The Kier molecular flexibility index (Phi) is 4.31. The number of aromatic nitrogens is 3. The van der Waals surface area contributed by atoms with E-state index in [-0.39, 0.29) is 0 Å². The molecule has 0 aliphatic rings. The van der Waals surface area contributed by atoms with E-state index in [0.717, 1.165) is 27.4 Å². The maximum Gasteiger partial charge on any atom is 0.164 e. The molecule has 4 nitrogen and oxygen atoms in total. The summed E-state index contributed by atoms with van der Waals surface area (Å²) < 4.78 is 0. The van der Waals surface area contributed by atoms with Gasteiger partial charge >= 0.3 is 0 Å². The third kappa shape index (κ3) is 3.06. The lowest BCUT2D eigenvalue weighted by molar-refractivity contribution is 0.559. The molecule has 5 heteroatoms. The Morgan fingerprint density at radius 2 is 1.91 bits per heavy atom. The minimum atomic E-state index is 0.342. The molecule has 3 aromatic heterocycles. The maximum absolute atomic E-state index is 4.81. The molecule has 0 amide bonds. The minimum absolute atomic E-state index is 0.342. The van der Waals surface area contributed by atoms with Crippen LogP contribution in [0.3, 0.4) is 0 Å². The quantitative estimate of drug-likeness (QED) is 0.746. The van der Waals surface area contributed by atoms with Crippen molar-refractivity contribution in [1.82, 2.24) is 15.0 Å². The molecule has 3 rings (SSSR count). The van der Waals surface area contributed by atoms with Gasteiger partial charge in [-0.05, 0) is 44.4 Å². The third-order valence-electron chi connectivity index (χ3n) is 4.31. The predicted molar refractivity (Wildman–Crippen MR) is 98.0 cm³/mol. The molecule has 0 unspecified atom stereocenters. The van der Waals surface area contributed by atoms with Crippen LogP contribution in [0.1, 0.15) is 31.2 Å². The second kappa shape index (κ2) is 6.24. The largest absolute Gasteiger partial charge is 0.367 e. The molecule has 0 aliphatic heterocycles. The number of nitrogens with zero attached hydrogens (tertiary/aromatic N) is 3. The van der Waals surface area contributed by atoms with E-state index in [1.165, 1.54) is 10.4 Å². The summed E-state index contributed by atoms with van der Waals surface area (Å²) in [5.41, 5.74) is 2.21. The number of rotatable bonds is 4. The maximum atomic E-state index is 4.81. The van der Waals surface area contributed by atoms with E-state index >= 15 is 0 Å². The Balaban J connectivity index is 2.18. The summed E-state index contributed by atoms with van der Waals surface area (Å²) >= 11 is 1.73. The minimum Gasteiger partial charge on any atom is -0.367 e. The van der Waals surface area contributed by atoms with Crippen molar-refractivity contribution in [2.24, 2.45) is 5.92 Å². The molecule has 120 valence electrons. The zero-order valence-corrected chi connectivity index (χ0v) is 15.0. The number of aryl methyl sites for hydroxylation is 2. The van der Waals surface area contributed by atoms with Crippen molar-refractivity contribution in [3.63, 3.8) is 0 Å². The fourth-order valence-corrected chi connectivity index (χ4v) is 3.39. The first-order chi connectivity index (χ1) is 11.0. The van der Waals surface area contributed by atoms with Crippen molar-refractivity contribution >= 4 is 27.4 Å². The molecule has 0 aliphatic carbocycles. The van der Waals surface area contributed by atoms with Crippen LogP contribution in [0.4, 0.5) is 5.82 Å². The van der Waals surface area contributed by atoms with Gasteiger partial charge in [0.25, 0.3) is 0 Å². The summed E-state index contributed by atoms with van der Waals surface area (Å²) in [6, 6.07) is 4.25. The highest BCUT2D eigenvalue weighted by Crippen LogP contribution is 2.35. The van der Waals surface area contributed by atoms with E-state index in [1.54, 1.807) is 17.5 Å². The van der Waals surface area contributed by atoms with Crippen molar-refractivity contribution in [2.75, 3.05) is 5.32 Å². The van der Waals surface area contributed by atoms with Gasteiger partial charge in [0.05, 0.1) is 5.39 Å². The average molecular weight is 326 g/mol. The van der Waals surface area contributed by atoms with E-state index < -0.39 is 0 Å². The van der Waals surface area contributed by atoms with Crippen LogP contribution < -0.4 is 5.32 Å². The molecule has 1 N–H and O–H groups in total. The number of pyridine rings is 1. The lowest BCUT2D eigenvalue weighted by Crippen LogP contribution is -2.22. The SMILES string of the molecule is Cc1sc2nc(-c3cccnc3)nc(N[C@H](C)C(C)C)c2c1C. The molecule has 0 aromatic carbocycles. The highest BCUT2D eigenvalue weighted by atomic mass is 32.1. The van der Waals surface area contributed by atoms with E-state index in [0.29, 0.717) is 12.0 Å². The van der Waals surface area contributed by atoms with Crippen LogP contribution in [0, 0.1) is 19.8 Å². The van der Waals surface area contributed by atoms with Gasteiger partial charge in [0, 0.05) is 28.9 Å². The van der Waals surface area contributed by atoms with Gasteiger partial charge in [0.2, 0.25) is 0 Å². The Morgan fingerprint density at radius 1 is 1.13 bits per heavy atom. The third-order valence-corrected chi connectivity index (χ3v) is 5.41. The number of anilines is 1. The van der Waals surface area contributed by atoms with Crippen LogP contribution in [-0.4, -0.2) is 21.0 Å². The summed E-state index contributed by atoms with van der Waals surface area (Å²) in [6.07, 6.45) is 3.58. The second-order valence-corrected chi connectivity index (χ2v) is 7.48. The number of hydrogen-bond donors (Lipinski definition) is 1. The topological polar surface area (TPSA) is 50.7 Å². The lowest BCUT2D eigenvalue weighted by atomic mass is 10.1. The summed E-state index contributed by atoms with van der Waals surface area (Å²) in [7, 11) is 0. The Morgan fingerprint density at radius 3 is 2.57 bits per heavy atom. The van der Waals surface area contributed by atoms with Gasteiger partial charge in [0.15, 0.2) is 5.82 Å². The standard InChI is InChI=1S/C18H22N4S/c1-10(2)12(4)20-17-15-11(3)13(5)23-18(15)22-16(21-17)14-7-6-8-19-9-14/h6-10,12H,1-5H3,(H,20,21,22)/t12-/m1/s1. The van der Waals surface area contributed by atoms with Gasteiger partial charge in [-0.2, -0.15) is 0 Å². The first-order valence-electron chi connectivity index (χ1n) is 7.92. The molecular formula is C18H22N4S. The Bertz CT molecular complexity index is 824. The molecule has 3 heterocycles. The van der Waals surface area contributed by atoms with Crippen molar-refractivity contribution in [1.29, 1.82) is 0 Å². The zero-order chi connectivity index (χ0) is 16.6. The van der Waals surface area contributed by atoms with Crippen molar-refractivity contribution < 1.29 is 0 Å². The molecule has 1 atom stereocenters. The summed E-state index contributed by atoms with van der Waals surface area (Å²) in [5, 5.41) is 4.73. The lowest BCUT2D eigenvalue weighted by Gasteiger charge is -2.19. The van der Waals surface area contributed by atoms with Gasteiger partial charge in [0.1, 0.15) is 10.6 Å². The molecule has 0 radical (unpaired) electrons. The van der Waals surface area contributed by atoms with Crippen LogP contribution in [-0.2, 0) is 0 Å². The fourth-order valence-electron chi connectivity index (χ4n) is 2.36. The Labute approximate surface area is 141 Å². The molecule has 23 heavy (non-hydrogen) atoms. The van der Waals surface area contributed by atoms with Crippen molar-refractivity contribution in [2.45, 2.75) is 40.7 Å². The first kappa shape index (κ1) is 15.9. The molecule has 3 aromatic rings. The summed E-state index contributed by atoms with van der Waals surface area (Å²) in [4.78, 5) is 16.1. The van der Waals surface area contributed by atoms with E-state index in [2.05, 4.69) is 44.9 Å². The normalized spacial score (nSPS) is 12.8. The van der Waals surface area contributed by atoms with Crippen molar-refractivity contribution in [3.8, 4) is 11.4 Å². The number of hydrogen-bond acceptors (Lipinski definition) is 5. The van der Waals surface area contributed by atoms with Crippen LogP contribution in [0.25, 0.3) is 21.6 Å². The van der Waals surface area contributed by atoms with E-state index in [9.17, 15) is 0 Å². The van der Waals surface area contributed by atoms with Crippen LogP contribution in [0.5, 0.6) is 0 Å². The number of thiophene rings is 1. The van der Waals surface area contributed by atoms with Gasteiger partial charge in [-0.15, -0.1) is 11.3 Å². The Hall–Kier alpha value is -2.01. The monoisotopic (exact) mass is 326 g/mol. The fraction of sp³-hybridized carbons (Fsp3) is 0.389. The molecular weight excluding hydrogens is 304 g/mol. The summed E-state index contributed by atoms with van der Waals surface area (Å²) in [6.45, 7) is 10.9. The van der Waals surface area contributed by atoms with E-state index in [1.807, 2.05) is 18.3 Å². The molecule has 0 bridgehead atoms. The average Bonchev–Trinajstić information content (AvgIpc) is 2.83. The predicted octanol–water partition coefficient (Wildman–Crippen LogP) is 4.83. The highest BCUT2D eigenvalue weighted by molar-refractivity contribution is 7.18. The molecule has 0 saturated heterocycles. The number of nitrogens with one attached hydrogen (secondary N) is 1. The van der Waals surface area contributed by atoms with Crippen LogP contribution in [0.15, 0.2) is 24.5 Å². The summed E-state index contributed by atoms with van der Waals surface area (Å²) in [5.74, 6) is 2.18. The van der Waals surface area contributed by atoms with Gasteiger partial charge in [-0.25, -0.2) is 9.97 Å². The molecule has 0 spiro atoms. The van der Waals surface area contributed by atoms with Crippen LogP contribution in [0.2, 0.25) is 0 Å². The van der Waals surface area contributed by atoms with Crippen molar-refractivity contribution in [3.05, 3.63) is 35.0 Å².